The van der Waals surface area contributed by atoms with Gasteiger partial charge in [0.25, 0.3) is 0 Å². The monoisotopic (exact) mass is 341 g/mol. The number of aromatic nitrogens is 1. The predicted octanol–water partition coefficient (Wildman–Crippen LogP) is 4.41. The molecule has 0 aliphatic carbocycles. The van der Waals surface area contributed by atoms with Gasteiger partial charge in [0, 0.05) is 34.5 Å². The molecule has 0 aliphatic heterocycles. The first-order valence-corrected chi connectivity index (χ1v) is 8.72. The molecule has 0 N–H and O–H groups in total. The van der Waals surface area contributed by atoms with Gasteiger partial charge in [0.05, 0.1) is 6.61 Å². The smallest absolute Gasteiger partial charge is 0.305 e. The Bertz CT molecular complexity index is 757. The Morgan fingerprint density at radius 1 is 1.12 bits per heavy atom. The molecule has 0 aliphatic rings. The van der Waals surface area contributed by atoms with E-state index in [1.54, 1.807) is 0 Å². The van der Waals surface area contributed by atoms with E-state index in [9.17, 15) is 9.59 Å². The summed E-state index contributed by atoms with van der Waals surface area (Å²) in [6.07, 6.45) is 1.01. The first-order chi connectivity index (χ1) is 11.8. The molecule has 2 aromatic rings. The van der Waals surface area contributed by atoms with E-state index >= 15 is 0 Å². The second-order valence-corrected chi connectivity index (χ2v) is 6.93. The lowest BCUT2D eigenvalue weighted by Crippen LogP contribution is -2.29. The quantitative estimate of drug-likeness (QED) is 0.553. The van der Waals surface area contributed by atoms with Crippen molar-refractivity contribution in [3.8, 4) is 0 Å². The first kappa shape index (κ1) is 19.0. The standard InChI is InChI=1S/C21H27NO3/c1-6-25-19(23)12-13-21(4,5)22-15(2)14-18(16(22)3)20(24)17-10-8-7-9-11-17/h7-11,14H,6,12-13H2,1-5H3. The minimum Gasteiger partial charge on any atom is -0.466 e. The molecule has 0 saturated heterocycles. The van der Waals surface area contributed by atoms with Crippen molar-refractivity contribution in [3.63, 3.8) is 0 Å². The normalized spacial score (nSPS) is 11.4. The van der Waals surface area contributed by atoms with Crippen molar-refractivity contribution < 1.29 is 14.3 Å². The number of benzene rings is 1. The van der Waals surface area contributed by atoms with Gasteiger partial charge in [-0.05, 0) is 47.1 Å². The molecule has 1 aromatic heterocycles. The third-order valence-electron chi connectivity index (χ3n) is 4.56. The molecule has 1 aromatic carbocycles. The zero-order valence-electron chi connectivity index (χ0n) is 15.8. The Balaban J connectivity index is 2.29. The van der Waals surface area contributed by atoms with Crippen molar-refractivity contribution >= 4 is 11.8 Å². The van der Waals surface area contributed by atoms with Gasteiger partial charge in [-0.15, -0.1) is 0 Å². The number of ketones is 1. The second-order valence-electron chi connectivity index (χ2n) is 6.93. The zero-order valence-corrected chi connectivity index (χ0v) is 15.8. The van der Waals surface area contributed by atoms with E-state index in [0.29, 0.717) is 30.6 Å². The molecule has 134 valence electrons. The fourth-order valence-corrected chi connectivity index (χ4v) is 3.42. The minimum atomic E-state index is -0.282. The Morgan fingerprint density at radius 3 is 2.36 bits per heavy atom. The Kier molecular flexibility index (Phi) is 5.83. The summed E-state index contributed by atoms with van der Waals surface area (Å²) >= 11 is 0. The predicted molar refractivity (Wildman–Crippen MR) is 99.0 cm³/mol. The average Bonchev–Trinajstić information content (AvgIpc) is 2.88. The van der Waals surface area contributed by atoms with Crippen LogP contribution in [-0.2, 0) is 15.1 Å². The number of ether oxygens (including phenoxy) is 1. The third kappa shape index (κ3) is 4.19. The maximum Gasteiger partial charge on any atom is 0.305 e. The summed E-state index contributed by atoms with van der Waals surface area (Å²) in [7, 11) is 0. The summed E-state index contributed by atoms with van der Waals surface area (Å²) in [6, 6.07) is 11.3. The van der Waals surface area contributed by atoms with Gasteiger partial charge in [0.1, 0.15) is 0 Å². The number of carbonyl (C=O) groups is 2. The van der Waals surface area contributed by atoms with Crippen molar-refractivity contribution in [2.75, 3.05) is 6.61 Å². The van der Waals surface area contributed by atoms with Crippen molar-refractivity contribution in [3.05, 3.63) is 58.9 Å². The average molecular weight is 341 g/mol. The molecule has 0 fully saturated rings. The van der Waals surface area contributed by atoms with Crippen LogP contribution >= 0.6 is 0 Å². The Morgan fingerprint density at radius 2 is 1.76 bits per heavy atom. The summed E-state index contributed by atoms with van der Waals surface area (Å²) in [6.45, 7) is 10.4. The lowest BCUT2D eigenvalue weighted by molar-refractivity contribution is -0.143. The van der Waals surface area contributed by atoms with Crippen LogP contribution in [0.1, 0.15) is 60.9 Å². The number of esters is 1. The van der Waals surface area contributed by atoms with E-state index in [0.717, 1.165) is 11.4 Å². The number of aryl methyl sites for hydroxylation is 1. The summed E-state index contributed by atoms with van der Waals surface area (Å²) < 4.78 is 7.19. The van der Waals surface area contributed by atoms with Crippen molar-refractivity contribution in [2.45, 2.75) is 53.0 Å². The lowest BCUT2D eigenvalue weighted by Gasteiger charge is -2.30. The van der Waals surface area contributed by atoms with Gasteiger partial charge in [-0.25, -0.2) is 0 Å². The summed E-state index contributed by atoms with van der Waals surface area (Å²) in [5.74, 6) is -0.153. The van der Waals surface area contributed by atoms with E-state index in [1.807, 2.05) is 57.2 Å². The molecule has 25 heavy (non-hydrogen) atoms. The van der Waals surface area contributed by atoms with Crippen molar-refractivity contribution in [2.24, 2.45) is 0 Å². The van der Waals surface area contributed by atoms with Crippen LogP contribution in [0.5, 0.6) is 0 Å². The first-order valence-electron chi connectivity index (χ1n) is 8.72. The molecule has 0 saturated carbocycles. The van der Waals surface area contributed by atoms with Crippen molar-refractivity contribution in [1.82, 2.24) is 4.57 Å². The molecule has 2 rings (SSSR count). The van der Waals surface area contributed by atoms with E-state index in [4.69, 9.17) is 4.74 Å². The van der Waals surface area contributed by atoms with Crippen molar-refractivity contribution in [1.29, 1.82) is 0 Å². The Labute approximate surface area is 149 Å². The molecule has 0 amide bonds. The van der Waals surface area contributed by atoms with Gasteiger partial charge in [0.2, 0.25) is 0 Å². The van der Waals surface area contributed by atoms with Crippen LogP contribution in [0.3, 0.4) is 0 Å². The largest absolute Gasteiger partial charge is 0.466 e. The zero-order chi connectivity index (χ0) is 18.6. The lowest BCUT2D eigenvalue weighted by atomic mass is 9.97. The molecule has 0 radical (unpaired) electrons. The highest BCUT2D eigenvalue weighted by Gasteiger charge is 2.27. The van der Waals surface area contributed by atoms with Crippen LogP contribution in [0, 0.1) is 13.8 Å². The van der Waals surface area contributed by atoms with Crippen LogP contribution in [0.15, 0.2) is 36.4 Å². The highest BCUT2D eigenvalue weighted by atomic mass is 16.5. The van der Waals surface area contributed by atoms with Gasteiger partial charge in [-0.1, -0.05) is 30.3 Å². The second kappa shape index (κ2) is 7.68. The number of carbonyl (C=O) groups excluding carboxylic acids is 2. The molecule has 1 heterocycles. The Hall–Kier alpha value is -2.36. The van der Waals surface area contributed by atoms with Gasteiger partial charge in [0.15, 0.2) is 5.78 Å². The number of rotatable bonds is 7. The fraction of sp³-hybridized carbons (Fsp3) is 0.429. The molecule has 0 spiro atoms. The summed E-state index contributed by atoms with van der Waals surface area (Å²) in [4.78, 5) is 24.5. The van der Waals surface area contributed by atoms with E-state index in [2.05, 4.69) is 18.4 Å². The third-order valence-corrected chi connectivity index (χ3v) is 4.56. The molecular weight excluding hydrogens is 314 g/mol. The SMILES string of the molecule is CCOC(=O)CCC(C)(C)n1c(C)cc(C(=O)c2ccccc2)c1C. The highest BCUT2D eigenvalue weighted by molar-refractivity contribution is 6.09. The van der Waals surface area contributed by atoms with Gasteiger partial charge in [-0.2, -0.15) is 0 Å². The molecule has 4 nitrogen and oxygen atoms in total. The van der Waals surface area contributed by atoms with Gasteiger partial charge < -0.3 is 9.30 Å². The van der Waals surface area contributed by atoms with Crippen LogP contribution in [-0.4, -0.2) is 22.9 Å². The van der Waals surface area contributed by atoms with E-state index < -0.39 is 0 Å². The summed E-state index contributed by atoms with van der Waals surface area (Å²) in [5, 5.41) is 0. The molecule has 0 bridgehead atoms. The number of hydrogen-bond acceptors (Lipinski definition) is 3. The number of hydrogen-bond donors (Lipinski definition) is 0. The van der Waals surface area contributed by atoms with Crippen LogP contribution < -0.4 is 0 Å². The van der Waals surface area contributed by atoms with E-state index in [1.165, 1.54) is 0 Å². The van der Waals surface area contributed by atoms with Crippen LogP contribution in [0.4, 0.5) is 0 Å². The van der Waals surface area contributed by atoms with Crippen LogP contribution in [0.25, 0.3) is 0 Å². The maximum absolute atomic E-state index is 12.8. The van der Waals surface area contributed by atoms with Gasteiger partial charge >= 0.3 is 5.97 Å². The topological polar surface area (TPSA) is 48.3 Å². The maximum atomic E-state index is 12.8. The number of nitrogens with zero attached hydrogens (tertiary/aromatic N) is 1. The van der Waals surface area contributed by atoms with Crippen LogP contribution in [0.2, 0.25) is 0 Å². The van der Waals surface area contributed by atoms with Gasteiger partial charge in [-0.3, -0.25) is 9.59 Å². The summed E-state index contributed by atoms with van der Waals surface area (Å²) in [5.41, 5.74) is 3.07. The molecule has 0 unspecified atom stereocenters. The molecule has 4 heteroatoms. The molecular formula is C21H27NO3. The minimum absolute atomic E-state index is 0.0288. The van der Waals surface area contributed by atoms with E-state index in [-0.39, 0.29) is 17.3 Å². The molecule has 0 atom stereocenters. The fourth-order valence-electron chi connectivity index (χ4n) is 3.42. The highest BCUT2D eigenvalue weighted by Crippen LogP contribution is 2.30.